The quantitative estimate of drug-likeness (QED) is 0.840. The van der Waals surface area contributed by atoms with Crippen LogP contribution in [0.3, 0.4) is 0 Å². The Hall–Kier alpha value is -1.33. The largest absolute Gasteiger partial charge is 0.478 e. The number of anilines is 1. The molecule has 0 bridgehead atoms. The Morgan fingerprint density at radius 2 is 2.24 bits per heavy atom. The molecule has 0 saturated heterocycles. The van der Waals surface area contributed by atoms with Gasteiger partial charge in [0.15, 0.2) is 0 Å². The van der Waals surface area contributed by atoms with Gasteiger partial charge in [0.2, 0.25) is 0 Å². The number of carbonyl (C=O) groups is 1. The zero-order valence-electron chi connectivity index (χ0n) is 9.72. The molecule has 17 heavy (non-hydrogen) atoms. The summed E-state index contributed by atoms with van der Waals surface area (Å²) in [6.07, 6.45) is 1.31. The maximum absolute atomic E-state index is 10.9. The third-order valence-electron chi connectivity index (χ3n) is 2.33. The third kappa shape index (κ3) is 3.31. The average Bonchev–Trinajstić information content (AvgIpc) is 2.26. The summed E-state index contributed by atoms with van der Waals surface area (Å²) < 4.78 is 0. The van der Waals surface area contributed by atoms with Gasteiger partial charge < -0.3 is 15.1 Å². The summed E-state index contributed by atoms with van der Waals surface area (Å²) in [5.41, 5.74) is 0.0141. The number of aromatic carboxylic acids is 1. The van der Waals surface area contributed by atoms with Crippen molar-refractivity contribution in [3.63, 3.8) is 0 Å². The number of carboxylic acid groups (broad SMARTS) is 1. The Morgan fingerprint density at radius 3 is 2.71 bits per heavy atom. The van der Waals surface area contributed by atoms with Crippen LogP contribution < -0.4 is 4.90 Å². The van der Waals surface area contributed by atoms with Crippen LogP contribution in [-0.2, 0) is 0 Å². The van der Waals surface area contributed by atoms with Gasteiger partial charge in [0, 0.05) is 18.8 Å². The minimum absolute atomic E-state index is 0.0141. The molecule has 1 aromatic heterocycles. The minimum atomic E-state index is -1.09. The molecule has 0 spiro atoms. The maximum Gasteiger partial charge on any atom is 0.337 e. The topological polar surface area (TPSA) is 73.7 Å². The Morgan fingerprint density at radius 1 is 1.59 bits per heavy atom. The van der Waals surface area contributed by atoms with E-state index in [9.17, 15) is 4.79 Å². The molecule has 0 aliphatic rings. The molecule has 0 aliphatic carbocycles. The van der Waals surface area contributed by atoms with E-state index in [-0.39, 0.29) is 23.2 Å². The summed E-state index contributed by atoms with van der Waals surface area (Å²) in [5, 5.41) is 18.0. The summed E-state index contributed by atoms with van der Waals surface area (Å²) in [6, 6.07) is 1.53. The number of rotatable bonds is 5. The van der Waals surface area contributed by atoms with E-state index in [4.69, 9.17) is 21.8 Å². The second kappa shape index (κ2) is 5.84. The van der Waals surface area contributed by atoms with Gasteiger partial charge in [-0.3, -0.25) is 0 Å². The highest BCUT2D eigenvalue weighted by molar-refractivity contribution is 6.33. The molecular weight excluding hydrogens is 244 g/mol. The molecule has 0 saturated carbocycles. The normalized spacial score (nSPS) is 10.6. The van der Waals surface area contributed by atoms with Crippen LogP contribution in [0.25, 0.3) is 0 Å². The molecule has 0 atom stereocenters. The van der Waals surface area contributed by atoms with Crippen LogP contribution in [0.5, 0.6) is 0 Å². The Kier molecular flexibility index (Phi) is 4.72. The molecule has 1 heterocycles. The number of nitrogens with zero attached hydrogens (tertiary/aromatic N) is 2. The first-order valence-electron chi connectivity index (χ1n) is 5.23. The number of halogens is 1. The van der Waals surface area contributed by atoms with Crippen molar-refractivity contribution in [2.24, 2.45) is 0 Å². The highest BCUT2D eigenvalue weighted by Crippen LogP contribution is 2.21. The van der Waals surface area contributed by atoms with Gasteiger partial charge >= 0.3 is 5.97 Å². The molecule has 1 rings (SSSR count). The highest BCUT2D eigenvalue weighted by atomic mass is 35.5. The second-order valence-corrected chi connectivity index (χ2v) is 4.25. The van der Waals surface area contributed by atoms with E-state index in [1.165, 1.54) is 12.3 Å². The van der Waals surface area contributed by atoms with Gasteiger partial charge in [-0.2, -0.15) is 0 Å². The summed E-state index contributed by atoms with van der Waals surface area (Å²) in [4.78, 5) is 16.8. The fourth-order valence-electron chi connectivity index (χ4n) is 1.49. The number of hydrogen-bond acceptors (Lipinski definition) is 4. The van der Waals surface area contributed by atoms with Gasteiger partial charge in [0.05, 0.1) is 17.2 Å². The van der Waals surface area contributed by atoms with Gasteiger partial charge in [0.25, 0.3) is 0 Å². The van der Waals surface area contributed by atoms with E-state index in [0.717, 1.165) is 0 Å². The van der Waals surface area contributed by atoms with E-state index in [2.05, 4.69) is 4.98 Å². The van der Waals surface area contributed by atoms with Crippen molar-refractivity contribution in [1.29, 1.82) is 0 Å². The van der Waals surface area contributed by atoms with Gasteiger partial charge in [-0.1, -0.05) is 11.6 Å². The van der Waals surface area contributed by atoms with Gasteiger partial charge in [-0.05, 0) is 19.9 Å². The fourth-order valence-corrected chi connectivity index (χ4v) is 1.68. The lowest BCUT2D eigenvalue weighted by atomic mass is 10.2. The minimum Gasteiger partial charge on any atom is -0.478 e. The van der Waals surface area contributed by atoms with Crippen LogP contribution in [0, 0.1) is 0 Å². The average molecular weight is 259 g/mol. The molecule has 0 radical (unpaired) electrons. The monoisotopic (exact) mass is 258 g/mol. The molecular formula is C11H15ClN2O3. The molecule has 1 aromatic rings. The summed E-state index contributed by atoms with van der Waals surface area (Å²) in [5.74, 6) is -0.595. The standard InChI is InChI=1S/C11H15ClN2O3/c1-7(2)14(3-4-15)10-5-8(11(16)17)9(12)6-13-10/h5-7,15H,3-4H2,1-2H3,(H,16,17). The van der Waals surface area contributed by atoms with Crippen molar-refractivity contribution in [2.75, 3.05) is 18.1 Å². The van der Waals surface area contributed by atoms with E-state index in [1.54, 1.807) is 0 Å². The molecule has 5 nitrogen and oxygen atoms in total. The molecule has 6 heteroatoms. The van der Waals surface area contributed by atoms with Crippen LogP contribution in [0.4, 0.5) is 5.82 Å². The number of aromatic nitrogens is 1. The molecule has 0 unspecified atom stereocenters. The number of carboxylic acids is 1. The summed E-state index contributed by atoms with van der Waals surface area (Å²) >= 11 is 5.74. The first kappa shape index (κ1) is 13.7. The van der Waals surface area contributed by atoms with Crippen molar-refractivity contribution in [1.82, 2.24) is 4.98 Å². The van der Waals surface area contributed by atoms with E-state index in [1.807, 2.05) is 18.7 Å². The Balaban J connectivity index is 3.12. The van der Waals surface area contributed by atoms with Crippen molar-refractivity contribution < 1.29 is 15.0 Å². The predicted octanol–water partition coefficient (Wildman–Crippen LogP) is 1.64. The van der Waals surface area contributed by atoms with Crippen LogP contribution >= 0.6 is 11.6 Å². The number of hydrogen-bond donors (Lipinski definition) is 2. The zero-order chi connectivity index (χ0) is 13.0. The maximum atomic E-state index is 10.9. The number of aliphatic hydroxyl groups excluding tert-OH is 1. The van der Waals surface area contributed by atoms with Crippen LogP contribution in [0.2, 0.25) is 5.02 Å². The summed E-state index contributed by atoms with van der Waals surface area (Å²) in [6.45, 7) is 4.25. The van der Waals surface area contributed by atoms with Crippen LogP contribution in [-0.4, -0.2) is 40.4 Å². The smallest absolute Gasteiger partial charge is 0.337 e. The predicted molar refractivity (Wildman–Crippen MR) is 65.8 cm³/mol. The third-order valence-corrected chi connectivity index (χ3v) is 2.63. The van der Waals surface area contributed by atoms with Crippen LogP contribution in [0.15, 0.2) is 12.3 Å². The molecule has 94 valence electrons. The lowest BCUT2D eigenvalue weighted by Gasteiger charge is -2.27. The molecule has 0 aromatic carbocycles. The first-order chi connectivity index (χ1) is 7.97. The van der Waals surface area contributed by atoms with Crippen LogP contribution in [0.1, 0.15) is 24.2 Å². The fraction of sp³-hybridized carbons (Fsp3) is 0.455. The SMILES string of the molecule is CC(C)N(CCO)c1cc(C(=O)O)c(Cl)cn1. The van der Waals surface area contributed by atoms with Gasteiger partial charge in [-0.25, -0.2) is 9.78 Å². The molecule has 0 aliphatic heterocycles. The van der Waals surface area contributed by atoms with Crippen molar-refractivity contribution in [3.8, 4) is 0 Å². The number of pyridine rings is 1. The van der Waals surface area contributed by atoms with Gasteiger partial charge in [-0.15, -0.1) is 0 Å². The Bertz CT molecular complexity index is 410. The van der Waals surface area contributed by atoms with Crippen molar-refractivity contribution >= 4 is 23.4 Å². The van der Waals surface area contributed by atoms with E-state index >= 15 is 0 Å². The van der Waals surface area contributed by atoms with E-state index in [0.29, 0.717) is 12.4 Å². The lowest BCUT2D eigenvalue weighted by molar-refractivity contribution is 0.0697. The lowest BCUT2D eigenvalue weighted by Crippen LogP contribution is -2.34. The number of aliphatic hydroxyl groups is 1. The first-order valence-corrected chi connectivity index (χ1v) is 5.61. The Labute approximate surface area is 105 Å². The molecule has 0 fully saturated rings. The van der Waals surface area contributed by atoms with Crippen molar-refractivity contribution in [3.05, 3.63) is 22.8 Å². The van der Waals surface area contributed by atoms with Crippen molar-refractivity contribution in [2.45, 2.75) is 19.9 Å². The zero-order valence-corrected chi connectivity index (χ0v) is 10.5. The van der Waals surface area contributed by atoms with Gasteiger partial charge in [0.1, 0.15) is 5.82 Å². The van der Waals surface area contributed by atoms with E-state index < -0.39 is 5.97 Å². The summed E-state index contributed by atoms with van der Waals surface area (Å²) in [7, 11) is 0. The molecule has 0 amide bonds. The molecule has 2 N–H and O–H groups in total. The highest BCUT2D eigenvalue weighted by Gasteiger charge is 2.16. The second-order valence-electron chi connectivity index (χ2n) is 3.84.